The molecule has 4 heterocycles. The molecule has 0 radical (unpaired) electrons. The summed E-state index contributed by atoms with van der Waals surface area (Å²) in [5.41, 5.74) is 1.42. The lowest BCUT2D eigenvalue weighted by Gasteiger charge is -2.19. The summed E-state index contributed by atoms with van der Waals surface area (Å²) in [7, 11) is 0. The summed E-state index contributed by atoms with van der Waals surface area (Å²) in [6, 6.07) is 8.23. The first-order chi connectivity index (χ1) is 12.6. The van der Waals surface area contributed by atoms with Crippen LogP contribution in [0.1, 0.15) is 47.2 Å². The van der Waals surface area contributed by atoms with E-state index in [2.05, 4.69) is 34.3 Å². The fourth-order valence-electron chi connectivity index (χ4n) is 3.47. The largest absolute Gasteiger partial charge is 0.347 e. The van der Waals surface area contributed by atoms with E-state index in [4.69, 9.17) is 0 Å². The van der Waals surface area contributed by atoms with E-state index in [-0.39, 0.29) is 5.91 Å². The van der Waals surface area contributed by atoms with Crippen LogP contribution in [-0.2, 0) is 6.54 Å². The number of nitrogens with one attached hydrogen (secondary N) is 1. The number of fused-ring (bicyclic) bond motifs is 1. The zero-order chi connectivity index (χ0) is 18.1. The number of carbonyl (C=O) groups is 1. The molecule has 0 spiro atoms. The molecule has 0 aromatic carbocycles. The Morgan fingerprint density at radius 1 is 1.35 bits per heavy atom. The van der Waals surface area contributed by atoms with Crippen LogP contribution in [0.2, 0.25) is 0 Å². The number of thiophene rings is 1. The molecule has 1 aliphatic heterocycles. The lowest BCUT2D eigenvalue weighted by Crippen LogP contribution is -2.28. The summed E-state index contributed by atoms with van der Waals surface area (Å²) in [6.45, 7) is 7.07. The Labute approximate surface area is 156 Å². The Hall–Kier alpha value is -2.25. The van der Waals surface area contributed by atoms with Gasteiger partial charge in [-0.2, -0.15) is 0 Å². The molecule has 3 aromatic rings. The van der Waals surface area contributed by atoms with Gasteiger partial charge in [0.05, 0.1) is 12.1 Å². The molecule has 0 bridgehead atoms. The van der Waals surface area contributed by atoms with Crippen molar-refractivity contribution in [1.82, 2.24) is 24.8 Å². The minimum atomic E-state index is -0.0739. The number of carbonyl (C=O) groups excluding carboxylic acids is 1. The van der Waals surface area contributed by atoms with E-state index in [0.29, 0.717) is 24.1 Å². The van der Waals surface area contributed by atoms with Crippen LogP contribution in [-0.4, -0.2) is 44.5 Å². The van der Waals surface area contributed by atoms with E-state index < -0.39 is 0 Å². The Bertz CT molecular complexity index is 902. The molecule has 7 heteroatoms. The van der Waals surface area contributed by atoms with Gasteiger partial charge >= 0.3 is 0 Å². The van der Waals surface area contributed by atoms with Crippen LogP contribution in [0.3, 0.4) is 0 Å². The average Bonchev–Trinajstić information content (AvgIpc) is 3.38. The van der Waals surface area contributed by atoms with Gasteiger partial charge < -0.3 is 10.2 Å². The third kappa shape index (κ3) is 3.37. The zero-order valence-electron chi connectivity index (χ0n) is 15.1. The topological polar surface area (TPSA) is 62.5 Å². The SMILES string of the molecule is CC(C)N1CC[C@H](c2nnc3ccc(C(=O)NCc4cccs4)cn23)C1. The second-order valence-corrected chi connectivity index (χ2v) is 8.07. The first kappa shape index (κ1) is 17.2. The Balaban J connectivity index is 1.54. The van der Waals surface area contributed by atoms with Gasteiger partial charge in [0.1, 0.15) is 5.82 Å². The quantitative estimate of drug-likeness (QED) is 0.751. The number of hydrogen-bond donors (Lipinski definition) is 1. The summed E-state index contributed by atoms with van der Waals surface area (Å²) in [5.74, 6) is 1.24. The summed E-state index contributed by atoms with van der Waals surface area (Å²) >= 11 is 1.64. The van der Waals surface area contributed by atoms with E-state index in [0.717, 1.165) is 35.9 Å². The molecule has 4 rings (SSSR count). The van der Waals surface area contributed by atoms with Gasteiger partial charge in [0, 0.05) is 29.6 Å². The van der Waals surface area contributed by atoms with Crippen LogP contribution in [0.25, 0.3) is 5.65 Å². The highest BCUT2D eigenvalue weighted by atomic mass is 32.1. The van der Waals surface area contributed by atoms with Crippen molar-refractivity contribution in [3.63, 3.8) is 0 Å². The van der Waals surface area contributed by atoms with Crippen LogP contribution in [0.15, 0.2) is 35.8 Å². The first-order valence-electron chi connectivity index (χ1n) is 9.01. The molecule has 1 amide bonds. The monoisotopic (exact) mass is 369 g/mol. The van der Waals surface area contributed by atoms with Gasteiger partial charge in [0.15, 0.2) is 5.65 Å². The molecular weight excluding hydrogens is 346 g/mol. The second kappa shape index (κ2) is 7.17. The molecule has 0 unspecified atom stereocenters. The number of rotatable bonds is 5. The predicted molar refractivity (Wildman–Crippen MR) is 103 cm³/mol. The number of likely N-dealkylation sites (tertiary alicyclic amines) is 1. The maximum atomic E-state index is 12.5. The third-order valence-electron chi connectivity index (χ3n) is 5.01. The molecule has 0 aliphatic carbocycles. The molecule has 1 saturated heterocycles. The molecular formula is C19H23N5OS. The predicted octanol–water partition coefficient (Wildman–Crippen LogP) is 2.92. The van der Waals surface area contributed by atoms with Crippen LogP contribution < -0.4 is 5.32 Å². The second-order valence-electron chi connectivity index (χ2n) is 7.04. The van der Waals surface area contributed by atoms with Gasteiger partial charge in [-0.15, -0.1) is 21.5 Å². The van der Waals surface area contributed by atoms with Gasteiger partial charge in [-0.1, -0.05) is 6.07 Å². The number of nitrogens with zero attached hydrogens (tertiary/aromatic N) is 4. The summed E-state index contributed by atoms with van der Waals surface area (Å²) in [4.78, 5) is 16.1. The number of amides is 1. The van der Waals surface area contributed by atoms with Gasteiger partial charge in [0.25, 0.3) is 5.91 Å². The molecule has 26 heavy (non-hydrogen) atoms. The highest BCUT2D eigenvalue weighted by Crippen LogP contribution is 2.27. The van der Waals surface area contributed by atoms with Crippen molar-refractivity contribution in [3.05, 3.63) is 52.1 Å². The van der Waals surface area contributed by atoms with E-state index in [1.54, 1.807) is 11.3 Å². The minimum absolute atomic E-state index is 0.0739. The van der Waals surface area contributed by atoms with Crippen LogP contribution >= 0.6 is 11.3 Å². The Morgan fingerprint density at radius 3 is 2.96 bits per heavy atom. The maximum Gasteiger partial charge on any atom is 0.253 e. The first-order valence-corrected chi connectivity index (χ1v) is 9.89. The highest BCUT2D eigenvalue weighted by molar-refractivity contribution is 7.09. The zero-order valence-corrected chi connectivity index (χ0v) is 15.9. The van der Waals surface area contributed by atoms with Crippen LogP contribution in [0.5, 0.6) is 0 Å². The fraction of sp³-hybridized carbons (Fsp3) is 0.421. The van der Waals surface area contributed by atoms with Crippen molar-refractivity contribution in [3.8, 4) is 0 Å². The van der Waals surface area contributed by atoms with Crippen molar-refractivity contribution in [1.29, 1.82) is 0 Å². The number of pyridine rings is 1. The van der Waals surface area contributed by atoms with Crippen molar-refractivity contribution >= 4 is 22.9 Å². The van der Waals surface area contributed by atoms with Crippen molar-refractivity contribution < 1.29 is 4.79 Å². The van der Waals surface area contributed by atoms with Crippen molar-refractivity contribution in [2.24, 2.45) is 0 Å². The van der Waals surface area contributed by atoms with E-state index >= 15 is 0 Å². The highest BCUT2D eigenvalue weighted by Gasteiger charge is 2.29. The van der Waals surface area contributed by atoms with E-state index in [1.807, 2.05) is 40.2 Å². The van der Waals surface area contributed by atoms with E-state index in [1.165, 1.54) is 0 Å². The average molecular weight is 369 g/mol. The van der Waals surface area contributed by atoms with Crippen LogP contribution in [0.4, 0.5) is 0 Å². The molecule has 3 aromatic heterocycles. The minimum Gasteiger partial charge on any atom is -0.347 e. The summed E-state index contributed by atoms with van der Waals surface area (Å²) in [6.07, 6.45) is 2.94. The fourth-order valence-corrected chi connectivity index (χ4v) is 4.12. The molecule has 1 aliphatic rings. The molecule has 1 fully saturated rings. The van der Waals surface area contributed by atoms with Crippen LogP contribution in [0, 0.1) is 0 Å². The van der Waals surface area contributed by atoms with Gasteiger partial charge in [-0.05, 0) is 50.4 Å². The Morgan fingerprint density at radius 2 is 2.23 bits per heavy atom. The van der Waals surface area contributed by atoms with Gasteiger partial charge in [-0.3, -0.25) is 9.20 Å². The standard InChI is InChI=1S/C19H23N5OS/c1-13(2)23-8-7-14(11-23)18-22-21-17-6-5-15(12-24(17)18)19(25)20-10-16-4-3-9-26-16/h3-6,9,12-14H,7-8,10-11H2,1-2H3,(H,20,25)/t14-/m0/s1. The maximum absolute atomic E-state index is 12.5. The van der Waals surface area contributed by atoms with Gasteiger partial charge in [-0.25, -0.2) is 0 Å². The normalized spacial score (nSPS) is 18.0. The lowest BCUT2D eigenvalue weighted by atomic mass is 10.1. The van der Waals surface area contributed by atoms with Gasteiger partial charge in [0.2, 0.25) is 0 Å². The van der Waals surface area contributed by atoms with E-state index in [9.17, 15) is 4.79 Å². The molecule has 136 valence electrons. The molecule has 0 saturated carbocycles. The molecule has 1 atom stereocenters. The number of hydrogen-bond acceptors (Lipinski definition) is 5. The smallest absolute Gasteiger partial charge is 0.253 e. The van der Waals surface area contributed by atoms with Crippen molar-refractivity contribution in [2.75, 3.05) is 13.1 Å². The summed E-state index contributed by atoms with van der Waals surface area (Å²) in [5, 5.41) is 13.7. The summed E-state index contributed by atoms with van der Waals surface area (Å²) < 4.78 is 1.98. The Kier molecular flexibility index (Phi) is 4.74. The molecule has 6 nitrogen and oxygen atoms in total. The van der Waals surface area contributed by atoms with Crippen molar-refractivity contribution in [2.45, 2.75) is 38.8 Å². The number of aromatic nitrogens is 3. The lowest BCUT2D eigenvalue weighted by molar-refractivity contribution is 0.0951. The third-order valence-corrected chi connectivity index (χ3v) is 5.89. The molecule has 1 N–H and O–H groups in total.